The maximum Gasteiger partial charge on any atom is 0.364 e. The van der Waals surface area contributed by atoms with Crippen molar-refractivity contribution >= 4 is 23.7 Å². The predicted molar refractivity (Wildman–Crippen MR) is 253 cm³/mol. The van der Waals surface area contributed by atoms with Crippen molar-refractivity contribution in [1.82, 2.24) is 16.0 Å². The van der Waals surface area contributed by atoms with Crippen LogP contribution in [0.4, 0.5) is 0 Å². The smallest absolute Gasteiger partial charge is 0.364 e. The predicted octanol–water partition coefficient (Wildman–Crippen LogP) is -14.8. The molecule has 30 atom stereocenters. The molecular formula is C45H77N3O34. The van der Waals surface area contributed by atoms with Crippen LogP contribution in [0.5, 0.6) is 0 Å². The molecule has 23 N–H and O–H groups in total. The lowest BCUT2D eigenvalue weighted by molar-refractivity contribution is -0.376. The Bertz CT molecular complexity index is 2040. The topological polar surface area (TPSA) is 601 Å². The molecule has 476 valence electrons. The van der Waals surface area contributed by atoms with Gasteiger partial charge in [-0.3, -0.25) is 14.4 Å². The number of nitrogens with one attached hydrogen (secondary N) is 3. The van der Waals surface area contributed by atoms with Crippen molar-refractivity contribution in [3.8, 4) is 0 Å². The average Bonchev–Trinajstić information content (AvgIpc) is 3.64. The largest absolute Gasteiger partial charge is 0.477 e. The van der Waals surface area contributed by atoms with Crippen LogP contribution in [0.25, 0.3) is 0 Å². The van der Waals surface area contributed by atoms with Crippen LogP contribution >= 0.6 is 0 Å². The van der Waals surface area contributed by atoms with E-state index in [1.54, 1.807) is 0 Å². The number of carboxylic acids is 1. The molecule has 0 aromatic rings. The third-order valence-electron chi connectivity index (χ3n) is 14.2. The van der Waals surface area contributed by atoms with Gasteiger partial charge in [0.05, 0.1) is 64.4 Å². The van der Waals surface area contributed by atoms with E-state index in [4.69, 9.17) is 47.4 Å². The summed E-state index contributed by atoms with van der Waals surface area (Å²) in [7, 11) is 0. The molecule has 5 saturated heterocycles. The molecule has 5 rings (SSSR count). The van der Waals surface area contributed by atoms with E-state index < -0.39 is 260 Å². The number of aliphatic hydroxyl groups excluding tert-OH is 19. The number of carboxylic acid groups (broad SMARTS) is 1. The molecule has 5 aliphatic rings. The Balaban J connectivity index is 1.35. The van der Waals surface area contributed by atoms with Gasteiger partial charge < -0.3 is 165 Å². The Morgan fingerprint density at radius 3 is 1.56 bits per heavy atom. The van der Waals surface area contributed by atoms with Crippen molar-refractivity contribution in [1.29, 1.82) is 0 Å². The summed E-state index contributed by atoms with van der Waals surface area (Å²) < 4.78 is 56.3. The zero-order valence-corrected chi connectivity index (χ0v) is 44.1. The van der Waals surface area contributed by atoms with Crippen molar-refractivity contribution in [3.05, 3.63) is 0 Å². The Labute approximate surface area is 464 Å². The Morgan fingerprint density at radius 2 is 1.05 bits per heavy atom. The number of hydrogen-bond donors (Lipinski definition) is 23. The van der Waals surface area contributed by atoms with Gasteiger partial charge in [-0.2, -0.15) is 0 Å². The van der Waals surface area contributed by atoms with E-state index in [1.807, 2.05) is 0 Å². The lowest BCUT2D eigenvalue weighted by Gasteiger charge is -2.50. The normalized spacial score (nSPS) is 42.2. The van der Waals surface area contributed by atoms with Crippen LogP contribution in [0.3, 0.4) is 0 Å². The molecule has 37 heteroatoms. The molecule has 0 bridgehead atoms. The van der Waals surface area contributed by atoms with E-state index in [9.17, 15) is 121 Å². The number of aliphatic carboxylic acids is 1. The van der Waals surface area contributed by atoms with Crippen molar-refractivity contribution < 1.29 is 169 Å². The van der Waals surface area contributed by atoms with Gasteiger partial charge in [0.15, 0.2) is 25.2 Å². The number of carbonyl (C=O) groups is 4. The summed E-state index contributed by atoms with van der Waals surface area (Å²) in [6.45, 7) is -4.62. The molecular weight excluding hydrogens is 1130 g/mol. The van der Waals surface area contributed by atoms with Crippen molar-refractivity contribution in [3.63, 3.8) is 0 Å². The highest BCUT2D eigenvalue weighted by Gasteiger charge is 2.61. The second kappa shape index (κ2) is 30.4. The van der Waals surface area contributed by atoms with Gasteiger partial charge in [0, 0.05) is 27.2 Å². The second-order valence-electron chi connectivity index (χ2n) is 20.2. The van der Waals surface area contributed by atoms with Crippen LogP contribution in [0, 0.1) is 0 Å². The molecule has 0 radical (unpaired) electrons. The molecule has 0 aromatic heterocycles. The fraction of sp³-hybridized carbons (Fsp3) is 0.911. The first-order valence-corrected chi connectivity index (χ1v) is 25.7. The summed E-state index contributed by atoms with van der Waals surface area (Å²) in [5.41, 5.74) is 0. The molecule has 0 spiro atoms. The van der Waals surface area contributed by atoms with Gasteiger partial charge in [-0.05, 0) is 0 Å². The zero-order chi connectivity index (χ0) is 61.4. The Kier molecular flexibility index (Phi) is 25.7. The number of ether oxygens (including phenoxy) is 10. The second-order valence-corrected chi connectivity index (χ2v) is 20.2. The summed E-state index contributed by atoms with van der Waals surface area (Å²) in [4.78, 5) is 49.9. The minimum atomic E-state index is -3.23. The highest BCUT2D eigenvalue weighted by molar-refractivity contribution is 5.77. The van der Waals surface area contributed by atoms with Crippen LogP contribution in [-0.2, 0) is 66.5 Å². The third-order valence-corrected chi connectivity index (χ3v) is 14.2. The van der Waals surface area contributed by atoms with E-state index in [0.29, 0.717) is 0 Å². The Morgan fingerprint density at radius 1 is 0.549 bits per heavy atom. The highest BCUT2D eigenvalue weighted by Crippen LogP contribution is 2.39. The first kappa shape index (κ1) is 69.5. The molecule has 5 fully saturated rings. The lowest BCUT2D eigenvalue weighted by Crippen LogP contribution is -2.70. The molecule has 0 aliphatic carbocycles. The highest BCUT2D eigenvalue weighted by atomic mass is 16.8. The average molecular weight is 1200 g/mol. The summed E-state index contributed by atoms with van der Waals surface area (Å²) in [6.07, 6.45) is -54.3. The molecule has 0 aromatic carbocycles. The molecule has 5 heterocycles. The van der Waals surface area contributed by atoms with Crippen LogP contribution in [0.1, 0.15) is 27.2 Å². The van der Waals surface area contributed by atoms with Gasteiger partial charge in [0.1, 0.15) is 134 Å². The summed E-state index contributed by atoms with van der Waals surface area (Å²) >= 11 is 0. The maximum atomic E-state index is 13.0. The van der Waals surface area contributed by atoms with Gasteiger partial charge in [-0.25, -0.2) is 4.79 Å². The SMILES string of the molecule is CC(=O)N[C@H]1[C@H](OC[C@@H](O)[C@H](O)[C@H](O[C@@H]2O[C@H](CO)[C@H](O)[C@H](O[C@]3(C(=O)O)C[C@H](O)[C@@H](NC(C)=O)[C@H]([C@H](O)[C@H](O)CO)O3)[C@H]2O)[C@H](CO)NC(C)=O)O[C@H](CO)[C@@H](O[C@@H]2O[C@H](CO)[C@H](O[C@@H]3O[C@H](CO)[C@H](O)[C@H](O)[C@H]3O)[C@H](O)[C@H]2O)[C@@H]1O. The van der Waals surface area contributed by atoms with Crippen molar-refractivity contribution in [2.24, 2.45) is 0 Å². The van der Waals surface area contributed by atoms with Crippen LogP contribution < -0.4 is 16.0 Å². The zero-order valence-electron chi connectivity index (χ0n) is 44.1. The maximum absolute atomic E-state index is 13.0. The molecule has 0 unspecified atom stereocenters. The first-order valence-electron chi connectivity index (χ1n) is 25.7. The van der Waals surface area contributed by atoms with Crippen LogP contribution in [0.15, 0.2) is 0 Å². The monoisotopic (exact) mass is 1200 g/mol. The van der Waals surface area contributed by atoms with Crippen molar-refractivity contribution in [2.45, 2.75) is 211 Å². The van der Waals surface area contributed by atoms with E-state index in [0.717, 1.165) is 20.8 Å². The van der Waals surface area contributed by atoms with Gasteiger partial charge in [-0.15, -0.1) is 0 Å². The standard InChI is InChI=1S/C45H77N3O34/c1-12(55)46-15(5-49)35(78-43-34(70)39(28(64)20(8-52)75-43)82-45(44(71)72)4-16(58)23(47-13(2)56)38(81-45)25(61)17(59)6-50)26(62)18(60)11-73-40-24(48-14(3)57)29(65)36(21(9-53)76-40)79-42-33(69)31(67)37(22(10-54)77-42)80-41-32(68)30(66)27(63)19(7-51)74-41/h15-43,49-54,58-70H,4-11H2,1-3H3,(H,46,55)(H,47,56)(H,48,57)(H,71,72)/t15-,16-,17+,18+,19+,20+,21+,22+,23+,24+,25+,26-,27-,28-,29+,30-,31+,32+,33+,34+,35+,36+,37-,38+,39-,40+,41-,42-,43-,45-/m0/s1. The van der Waals surface area contributed by atoms with E-state index >= 15 is 0 Å². The van der Waals surface area contributed by atoms with Gasteiger partial charge in [0.2, 0.25) is 17.7 Å². The summed E-state index contributed by atoms with van der Waals surface area (Å²) in [5.74, 6) is -7.95. The minimum Gasteiger partial charge on any atom is -0.477 e. The fourth-order valence-corrected chi connectivity index (χ4v) is 9.93. The summed E-state index contributed by atoms with van der Waals surface area (Å²) in [5, 5.41) is 221. The molecule has 5 aliphatic heterocycles. The number of amides is 3. The molecule has 3 amide bonds. The van der Waals surface area contributed by atoms with E-state index in [1.165, 1.54) is 0 Å². The quantitative estimate of drug-likeness (QED) is 0.0382. The number of aliphatic hydroxyl groups is 19. The van der Waals surface area contributed by atoms with Gasteiger partial charge in [-0.1, -0.05) is 0 Å². The molecule has 82 heavy (non-hydrogen) atoms. The lowest BCUT2D eigenvalue weighted by atomic mass is 9.88. The molecule has 0 saturated carbocycles. The number of carbonyl (C=O) groups excluding carboxylic acids is 3. The van der Waals surface area contributed by atoms with Crippen LogP contribution in [0.2, 0.25) is 0 Å². The van der Waals surface area contributed by atoms with Gasteiger partial charge in [0.25, 0.3) is 5.79 Å². The fourth-order valence-electron chi connectivity index (χ4n) is 9.93. The Hall–Kier alpha value is -3.28. The van der Waals surface area contributed by atoms with Crippen LogP contribution in [-0.4, -0.2) is 355 Å². The number of hydrogen-bond acceptors (Lipinski definition) is 33. The van der Waals surface area contributed by atoms with E-state index in [2.05, 4.69) is 16.0 Å². The van der Waals surface area contributed by atoms with Crippen molar-refractivity contribution in [2.75, 3.05) is 46.2 Å². The minimum absolute atomic E-state index is 0.840. The number of rotatable bonds is 26. The third kappa shape index (κ3) is 15.8. The summed E-state index contributed by atoms with van der Waals surface area (Å²) in [6, 6.07) is -5.25. The van der Waals surface area contributed by atoms with Gasteiger partial charge >= 0.3 is 5.97 Å². The molecule has 37 nitrogen and oxygen atoms in total. The first-order chi connectivity index (χ1) is 38.5. The van der Waals surface area contributed by atoms with E-state index in [-0.39, 0.29) is 0 Å².